The molecule has 1 amide bonds. The molecule has 0 saturated heterocycles. The molecular formula is C16H17FN2O2. The number of anilines is 1. The lowest BCUT2D eigenvalue weighted by Gasteiger charge is -2.12. The molecule has 21 heavy (non-hydrogen) atoms. The highest BCUT2D eigenvalue weighted by atomic mass is 19.1. The third-order valence-corrected chi connectivity index (χ3v) is 2.99. The zero-order valence-electron chi connectivity index (χ0n) is 11.9. The highest BCUT2D eigenvalue weighted by Crippen LogP contribution is 2.31. The van der Waals surface area contributed by atoms with Crippen molar-refractivity contribution in [2.45, 2.75) is 13.8 Å². The average molecular weight is 288 g/mol. The van der Waals surface area contributed by atoms with E-state index in [9.17, 15) is 9.18 Å². The van der Waals surface area contributed by atoms with Crippen molar-refractivity contribution in [2.24, 2.45) is 0 Å². The molecule has 0 aliphatic heterocycles. The molecule has 5 heteroatoms. The lowest BCUT2D eigenvalue weighted by molar-refractivity contribution is 0.0955. The van der Waals surface area contributed by atoms with Gasteiger partial charge in [0.05, 0.1) is 5.69 Å². The van der Waals surface area contributed by atoms with Gasteiger partial charge < -0.3 is 15.8 Å². The number of carbonyl (C=O) groups excluding carboxylic acids is 1. The second-order valence-corrected chi connectivity index (χ2v) is 4.60. The van der Waals surface area contributed by atoms with Crippen LogP contribution in [0.25, 0.3) is 0 Å². The summed E-state index contributed by atoms with van der Waals surface area (Å²) in [5, 5.41) is 2.68. The maximum Gasteiger partial charge on any atom is 0.251 e. The summed E-state index contributed by atoms with van der Waals surface area (Å²) in [5.74, 6) is -0.342. The van der Waals surface area contributed by atoms with Gasteiger partial charge in [-0.3, -0.25) is 4.79 Å². The molecule has 0 spiro atoms. The number of benzene rings is 2. The van der Waals surface area contributed by atoms with Crippen LogP contribution in [0.3, 0.4) is 0 Å². The van der Waals surface area contributed by atoms with Crippen LogP contribution in [0.5, 0.6) is 11.5 Å². The Hall–Kier alpha value is -2.56. The van der Waals surface area contributed by atoms with Crippen molar-refractivity contribution in [3.8, 4) is 11.5 Å². The molecule has 110 valence electrons. The third kappa shape index (κ3) is 3.31. The van der Waals surface area contributed by atoms with Crippen molar-refractivity contribution in [1.29, 1.82) is 0 Å². The van der Waals surface area contributed by atoms with Gasteiger partial charge in [-0.15, -0.1) is 0 Å². The number of aryl methyl sites for hydroxylation is 1. The highest BCUT2D eigenvalue weighted by Gasteiger charge is 2.12. The summed E-state index contributed by atoms with van der Waals surface area (Å²) in [7, 11) is 0. The monoisotopic (exact) mass is 288 g/mol. The zero-order chi connectivity index (χ0) is 15.4. The van der Waals surface area contributed by atoms with Crippen LogP contribution in [-0.4, -0.2) is 12.5 Å². The number of rotatable bonds is 4. The van der Waals surface area contributed by atoms with Crippen LogP contribution in [0.2, 0.25) is 0 Å². The standard InChI is InChI=1S/C16H17FN2O2/c1-3-19-16(20)11-7-8-12(18)14(9-11)21-13-6-4-5-10(2)15(13)17/h4-9H,3,18H2,1-2H3,(H,19,20). The Morgan fingerprint density at radius 1 is 1.29 bits per heavy atom. The van der Waals surface area contributed by atoms with Crippen molar-refractivity contribution in [3.05, 3.63) is 53.3 Å². The fraction of sp³-hybridized carbons (Fsp3) is 0.188. The van der Waals surface area contributed by atoms with Gasteiger partial charge in [0.25, 0.3) is 5.91 Å². The van der Waals surface area contributed by atoms with Crippen LogP contribution < -0.4 is 15.8 Å². The molecule has 2 aromatic carbocycles. The van der Waals surface area contributed by atoms with Crippen molar-refractivity contribution >= 4 is 11.6 Å². The number of ether oxygens (including phenoxy) is 1. The summed E-state index contributed by atoms with van der Waals surface area (Å²) in [4.78, 5) is 11.8. The minimum atomic E-state index is -0.444. The van der Waals surface area contributed by atoms with E-state index >= 15 is 0 Å². The van der Waals surface area contributed by atoms with Crippen LogP contribution >= 0.6 is 0 Å². The van der Waals surface area contributed by atoms with E-state index in [0.29, 0.717) is 23.4 Å². The van der Waals surface area contributed by atoms with Crippen molar-refractivity contribution < 1.29 is 13.9 Å². The van der Waals surface area contributed by atoms with E-state index in [1.807, 2.05) is 6.92 Å². The van der Waals surface area contributed by atoms with Crippen LogP contribution in [0.15, 0.2) is 36.4 Å². The number of amides is 1. The molecule has 0 aliphatic rings. The third-order valence-electron chi connectivity index (χ3n) is 2.99. The van der Waals surface area contributed by atoms with Gasteiger partial charge in [0.15, 0.2) is 17.3 Å². The summed E-state index contributed by atoms with van der Waals surface area (Å²) in [6.07, 6.45) is 0. The van der Waals surface area contributed by atoms with Gasteiger partial charge in [0.2, 0.25) is 0 Å². The van der Waals surface area contributed by atoms with Crippen LogP contribution in [0.1, 0.15) is 22.8 Å². The van der Waals surface area contributed by atoms with Gasteiger partial charge in [-0.2, -0.15) is 0 Å². The first-order valence-electron chi connectivity index (χ1n) is 6.63. The highest BCUT2D eigenvalue weighted by molar-refractivity contribution is 5.95. The van der Waals surface area contributed by atoms with Crippen LogP contribution in [0, 0.1) is 12.7 Å². The maximum atomic E-state index is 14.0. The first-order valence-corrected chi connectivity index (χ1v) is 6.63. The zero-order valence-corrected chi connectivity index (χ0v) is 11.9. The summed E-state index contributed by atoms with van der Waals surface area (Å²) in [6, 6.07) is 9.52. The molecule has 3 N–H and O–H groups in total. The van der Waals surface area contributed by atoms with E-state index in [0.717, 1.165) is 0 Å². The number of nitrogens with one attached hydrogen (secondary N) is 1. The van der Waals surface area contributed by atoms with E-state index in [2.05, 4.69) is 5.32 Å². The molecule has 0 atom stereocenters. The lowest BCUT2D eigenvalue weighted by atomic mass is 10.1. The molecule has 0 fully saturated rings. The molecule has 0 unspecified atom stereocenters. The van der Waals surface area contributed by atoms with Gasteiger partial charge >= 0.3 is 0 Å². The Bertz CT molecular complexity index is 671. The Morgan fingerprint density at radius 3 is 2.76 bits per heavy atom. The SMILES string of the molecule is CCNC(=O)c1ccc(N)c(Oc2cccc(C)c2F)c1. The van der Waals surface area contributed by atoms with Crippen molar-refractivity contribution in [1.82, 2.24) is 5.32 Å². The number of hydrogen-bond acceptors (Lipinski definition) is 3. The Labute approximate surface area is 122 Å². The summed E-state index contributed by atoms with van der Waals surface area (Å²) >= 11 is 0. The van der Waals surface area contributed by atoms with E-state index < -0.39 is 5.82 Å². The van der Waals surface area contributed by atoms with Gasteiger partial charge in [0, 0.05) is 12.1 Å². The molecule has 0 saturated carbocycles. The smallest absolute Gasteiger partial charge is 0.251 e. The minimum absolute atomic E-state index is 0.0785. The Morgan fingerprint density at radius 2 is 2.05 bits per heavy atom. The lowest BCUT2D eigenvalue weighted by Crippen LogP contribution is -2.22. The van der Waals surface area contributed by atoms with E-state index in [-0.39, 0.29) is 17.4 Å². The molecule has 0 bridgehead atoms. The molecule has 4 nitrogen and oxygen atoms in total. The number of hydrogen-bond donors (Lipinski definition) is 2. The first-order chi connectivity index (χ1) is 10.0. The summed E-state index contributed by atoms with van der Waals surface area (Å²) in [5.41, 5.74) is 7.05. The van der Waals surface area contributed by atoms with Gasteiger partial charge in [0.1, 0.15) is 0 Å². The van der Waals surface area contributed by atoms with E-state index in [4.69, 9.17) is 10.5 Å². The number of nitrogens with two attached hydrogens (primary N) is 1. The van der Waals surface area contributed by atoms with Gasteiger partial charge in [-0.25, -0.2) is 4.39 Å². The fourth-order valence-electron chi connectivity index (χ4n) is 1.84. The second-order valence-electron chi connectivity index (χ2n) is 4.60. The fourth-order valence-corrected chi connectivity index (χ4v) is 1.84. The molecular weight excluding hydrogens is 271 g/mol. The molecule has 2 rings (SSSR count). The van der Waals surface area contributed by atoms with Gasteiger partial charge in [-0.1, -0.05) is 12.1 Å². The van der Waals surface area contributed by atoms with E-state index in [1.165, 1.54) is 12.1 Å². The normalized spacial score (nSPS) is 10.2. The predicted octanol–water partition coefficient (Wildman–Crippen LogP) is 3.26. The van der Waals surface area contributed by atoms with Crippen LogP contribution in [-0.2, 0) is 0 Å². The number of nitrogen functional groups attached to an aromatic ring is 1. The molecule has 2 aromatic rings. The summed E-state index contributed by atoms with van der Waals surface area (Å²) in [6.45, 7) is 4.00. The predicted molar refractivity (Wildman–Crippen MR) is 80.1 cm³/mol. The first kappa shape index (κ1) is 14.8. The quantitative estimate of drug-likeness (QED) is 0.849. The molecule has 0 heterocycles. The number of halogens is 1. The van der Waals surface area contributed by atoms with Gasteiger partial charge in [-0.05, 0) is 43.7 Å². The van der Waals surface area contributed by atoms with Crippen LogP contribution in [0.4, 0.5) is 10.1 Å². The average Bonchev–Trinajstić information content (AvgIpc) is 2.46. The number of carbonyl (C=O) groups is 1. The topological polar surface area (TPSA) is 64.4 Å². The Kier molecular flexibility index (Phi) is 4.42. The van der Waals surface area contributed by atoms with E-state index in [1.54, 1.807) is 31.2 Å². The minimum Gasteiger partial charge on any atom is -0.452 e. The molecule has 0 aromatic heterocycles. The molecule has 0 radical (unpaired) electrons. The Balaban J connectivity index is 2.33. The largest absolute Gasteiger partial charge is 0.452 e. The van der Waals surface area contributed by atoms with Crippen molar-refractivity contribution in [3.63, 3.8) is 0 Å². The second kappa shape index (κ2) is 6.26. The maximum absolute atomic E-state index is 14.0. The van der Waals surface area contributed by atoms with Crippen molar-refractivity contribution in [2.75, 3.05) is 12.3 Å². The molecule has 0 aliphatic carbocycles. The summed E-state index contributed by atoms with van der Waals surface area (Å²) < 4.78 is 19.5.